The van der Waals surface area contributed by atoms with Gasteiger partial charge in [-0.25, -0.2) is 8.42 Å². The number of para-hydroxylation sites is 1. The molecule has 0 N–H and O–H groups in total. The smallest absolute Gasteiger partial charge is 0.209 e. The molecule has 1 aliphatic heterocycles. The molecule has 4 nitrogen and oxygen atoms in total. The highest BCUT2D eigenvalue weighted by Gasteiger charge is 2.51. The van der Waals surface area contributed by atoms with Gasteiger partial charge in [0.05, 0.1) is 33.2 Å². The van der Waals surface area contributed by atoms with Crippen molar-refractivity contribution >= 4 is 42.4 Å². The molecule has 8 aromatic rings. The summed E-state index contributed by atoms with van der Waals surface area (Å²) < 4.78 is 32.1. The highest BCUT2D eigenvalue weighted by Crippen LogP contribution is 2.55. The molecule has 0 amide bonds. The molecule has 2 aromatic heterocycles. The van der Waals surface area contributed by atoms with Gasteiger partial charge in [-0.05, 0) is 51.7 Å². The van der Waals surface area contributed by atoms with E-state index < -0.39 is 15.3 Å². The minimum absolute atomic E-state index is 0.266. The molecule has 0 bridgehead atoms. The average molecular weight is 599 g/mol. The molecule has 0 saturated carbocycles. The molecule has 0 radical (unpaired) electrons. The number of sulfone groups is 1. The summed E-state index contributed by atoms with van der Waals surface area (Å²) in [4.78, 5) is 5.77. The number of fused-ring (bicyclic) bond motifs is 7. The molecule has 0 fully saturated rings. The van der Waals surface area contributed by atoms with E-state index in [4.69, 9.17) is 4.98 Å². The Labute approximate surface area is 260 Å². The summed E-state index contributed by atoms with van der Waals surface area (Å²) in [6.07, 6.45) is 1.87. The largest absolute Gasteiger partial charge is 0.308 e. The van der Waals surface area contributed by atoms with E-state index in [1.807, 2.05) is 91.1 Å². The quantitative estimate of drug-likeness (QED) is 0.204. The number of rotatable bonds is 3. The van der Waals surface area contributed by atoms with Crippen LogP contribution in [0.5, 0.6) is 0 Å². The van der Waals surface area contributed by atoms with Gasteiger partial charge in [0.25, 0.3) is 0 Å². The summed E-state index contributed by atoms with van der Waals surface area (Å²) in [6, 6.07) is 50.4. The van der Waals surface area contributed by atoms with Crippen molar-refractivity contribution in [2.75, 3.05) is 0 Å². The zero-order valence-electron chi connectivity index (χ0n) is 24.1. The van der Waals surface area contributed by atoms with Crippen molar-refractivity contribution in [3.05, 3.63) is 180 Å². The highest BCUT2D eigenvalue weighted by atomic mass is 32.2. The standard InChI is InChI=1S/C40H26N2O2S/c43-45(44)36-22-12-10-20-33(36)40(29-15-3-1-4-16-29,30-17-5-2-6-18-30)39-38(45)37-32-19-9-11-21-34(32)42(35(37)26-41-39)31-24-23-27-13-7-8-14-28(27)25-31/h1-26H. The van der Waals surface area contributed by atoms with Gasteiger partial charge < -0.3 is 4.57 Å². The molecule has 3 heterocycles. The van der Waals surface area contributed by atoms with Gasteiger partial charge in [0.1, 0.15) is 4.90 Å². The lowest BCUT2D eigenvalue weighted by Gasteiger charge is -2.40. The van der Waals surface area contributed by atoms with Crippen molar-refractivity contribution in [2.24, 2.45) is 0 Å². The first-order valence-electron chi connectivity index (χ1n) is 15.0. The third-order valence-electron chi connectivity index (χ3n) is 9.28. The van der Waals surface area contributed by atoms with Gasteiger partial charge in [0, 0.05) is 16.5 Å². The lowest BCUT2D eigenvalue weighted by Crippen LogP contribution is -2.38. The van der Waals surface area contributed by atoms with E-state index in [0.717, 1.165) is 44.0 Å². The molecule has 0 atom stereocenters. The van der Waals surface area contributed by atoms with Crippen molar-refractivity contribution in [3.63, 3.8) is 0 Å². The van der Waals surface area contributed by atoms with Crippen molar-refractivity contribution < 1.29 is 8.42 Å². The molecule has 45 heavy (non-hydrogen) atoms. The van der Waals surface area contributed by atoms with Crippen LogP contribution in [0.25, 0.3) is 38.3 Å². The molecule has 214 valence electrons. The number of pyridine rings is 1. The fourth-order valence-electron chi connectivity index (χ4n) is 7.42. The van der Waals surface area contributed by atoms with Crippen LogP contribution in [0.15, 0.2) is 168 Å². The Balaban J connectivity index is 1.49. The van der Waals surface area contributed by atoms with E-state index in [-0.39, 0.29) is 4.90 Å². The van der Waals surface area contributed by atoms with Crippen LogP contribution in [0.2, 0.25) is 0 Å². The van der Waals surface area contributed by atoms with Crippen LogP contribution < -0.4 is 0 Å². The monoisotopic (exact) mass is 598 g/mol. The maximum Gasteiger partial charge on any atom is 0.209 e. The van der Waals surface area contributed by atoms with Crippen LogP contribution in [-0.2, 0) is 15.3 Å². The van der Waals surface area contributed by atoms with Crippen LogP contribution in [0.4, 0.5) is 0 Å². The second kappa shape index (κ2) is 9.49. The zero-order valence-corrected chi connectivity index (χ0v) is 24.9. The molecule has 0 spiro atoms. The molecule has 0 unspecified atom stereocenters. The van der Waals surface area contributed by atoms with Gasteiger partial charge in [-0.3, -0.25) is 4.98 Å². The van der Waals surface area contributed by atoms with E-state index in [2.05, 4.69) is 65.2 Å². The normalized spacial score (nSPS) is 14.8. The van der Waals surface area contributed by atoms with E-state index >= 15 is 0 Å². The van der Waals surface area contributed by atoms with Gasteiger partial charge in [-0.15, -0.1) is 0 Å². The van der Waals surface area contributed by atoms with Crippen molar-refractivity contribution in [1.82, 2.24) is 9.55 Å². The minimum Gasteiger partial charge on any atom is -0.308 e. The summed E-state index contributed by atoms with van der Waals surface area (Å²) in [7, 11) is -3.99. The fourth-order valence-corrected chi connectivity index (χ4v) is 9.35. The molecule has 9 rings (SSSR count). The fraction of sp³-hybridized carbons (Fsp3) is 0.0250. The van der Waals surface area contributed by atoms with E-state index in [9.17, 15) is 8.42 Å². The summed E-state index contributed by atoms with van der Waals surface area (Å²) in [6.45, 7) is 0. The Morgan fingerprint density at radius 2 is 1.20 bits per heavy atom. The van der Waals surface area contributed by atoms with E-state index in [1.165, 1.54) is 0 Å². The SMILES string of the molecule is O=S1(=O)c2ccccc2C(c2ccccc2)(c2ccccc2)c2ncc3c(c21)c1ccccc1n3-c1ccc2ccccc2c1. The Morgan fingerprint density at radius 3 is 1.96 bits per heavy atom. The van der Waals surface area contributed by atoms with Crippen molar-refractivity contribution in [3.8, 4) is 5.69 Å². The van der Waals surface area contributed by atoms with Crippen molar-refractivity contribution in [2.45, 2.75) is 15.2 Å². The number of benzene rings is 6. The summed E-state index contributed by atoms with van der Waals surface area (Å²) in [5.41, 5.74) is 4.83. The first-order chi connectivity index (χ1) is 22.1. The Bertz CT molecular complexity index is 2510. The Hall–Kier alpha value is -5.52. The van der Waals surface area contributed by atoms with Gasteiger partial charge >= 0.3 is 0 Å². The number of aromatic nitrogens is 2. The minimum atomic E-state index is -3.99. The van der Waals surface area contributed by atoms with Crippen molar-refractivity contribution in [1.29, 1.82) is 0 Å². The maximum atomic E-state index is 15.0. The third kappa shape index (κ3) is 3.47. The zero-order chi connectivity index (χ0) is 30.2. The molecule has 6 aromatic carbocycles. The predicted molar refractivity (Wildman–Crippen MR) is 180 cm³/mol. The topological polar surface area (TPSA) is 52.0 Å². The van der Waals surface area contributed by atoms with E-state index in [0.29, 0.717) is 21.5 Å². The molecule has 5 heteroatoms. The number of hydrogen-bond donors (Lipinski definition) is 0. The van der Waals surface area contributed by atoms with Gasteiger partial charge in [0.15, 0.2) is 0 Å². The summed E-state index contributed by atoms with van der Waals surface area (Å²) in [5.74, 6) is 0. The van der Waals surface area contributed by atoms with E-state index in [1.54, 1.807) is 6.07 Å². The highest BCUT2D eigenvalue weighted by molar-refractivity contribution is 7.92. The maximum absolute atomic E-state index is 15.0. The number of nitrogens with zero attached hydrogens (tertiary/aromatic N) is 2. The summed E-state index contributed by atoms with van der Waals surface area (Å²) >= 11 is 0. The first-order valence-corrected chi connectivity index (χ1v) is 16.5. The number of hydrogen-bond acceptors (Lipinski definition) is 3. The molecular formula is C40H26N2O2S. The van der Waals surface area contributed by atoms with Crippen LogP contribution in [0.3, 0.4) is 0 Å². The molecule has 0 aliphatic carbocycles. The predicted octanol–water partition coefficient (Wildman–Crippen LogP) is 8.86. The Morgan fingerprint density at radius 1 is 0.578 bits per heavy atom. The molecule has 1 aliphatic rings. The Kier molecular flexibility index (Phi) is 5.47. The molecular weight excluding hydrogens is 573 g/mol. The van der Waals surface area contributed by atoms with Crippen LogP contribution in [-0.4, -0.2) is 18.0 Å². The van der Waals surface area contributed by atoms with Gasteiger partial charge in [-0.2, -0.15) is 0 Å². The second-order valence-corrected chi connectivity index (χ2v) is 13.4. The second-order valence-electron chi connectivity index (χ2n) is 11.6. The first kappa shape index (κ1) is 25.9. The summed E-state index contributed by atoms with van der Waals surface area (Å²) in [5, 5.41) is 3.82. The molecule has 0 saturated heterocycles. The van der Waals surface area contributed by atoms with Crippen LogP contribution in [0.1, 0.15) is 22.4 Å². The lowest BCUT2D eigenvalue weighted by atomic mass is 9.66. The van der Waals surface area contributed by atoms with Crippen LogP contribution >= 0.6 is 0 Å². The van der Waals surface area contributed by atoms with Gasteiger partial charge in [0.2, 0.25) is 9.84 Å². The lowest BCUT2D eigenvalue weighted by molar-refractivity contribution is 0.575. The van der Waals surface area contributed by atoms with Crippen LogP contribution in [0, 0.1) is 0 Å². The average Bonchev–Trinajstić information content (AvgIpc) is 3.43. The van der Waals surface area contributed by atoms with Gasteiger partial charge in [-0.1, -0.05) is 127 Å². The third-order valence-corrected chi connectivity index (χ3v) is 11.1.